The van der Waals surface area contributed by atoms with Crippen LogP contribution in [0.2, 0.25) is 0 Å². The largest absolute Gasteiger partial charge is 0.350 e. The van der Waals surface area contributed by atoms with Crippen molar-refractivity contribution < 1.29 is 0 Å². The van der Waals surface area contributed by atoms with E-state index in [0.717, 1.165) is 11.0 Å². The van der Waals surface area contributed by atoms with Crippen LogP contribution in [-0.4, -0.2) is 41.5 Å². The topological polar surface area (TPSA) is 41.0 Å². The predicted molar refractivity (Wildman–Crippen MR) is 61.4 cm³/mol. The SMILES string of the molecule is CC(CN(C)C)Nc1ncc(Br)cn1. The van der Waals surface area contributed by atoms with Gasteiger partial charge in [0.1, 0.15) is 0 Å². The average molecular weight is 259 g/mol. The molecule has 1 unspecified atom stereocenters. The quantitative estimate of drug-likeness (QED) is 0.891. The zero-order valence-electron chi connectivity index (χ0n) is 8.66. The van der Waals surface area contributed by atoms with Gasteiger partial charge in [0.25, 0.3) is 0 Å². The van der Waals surface area contributed by atoms with Crippen LogP contribution < -0.4 is 5.32 Å². The van der Waals surface area contributed by atoms with Crippen LogP contribution in [0.5, 0.6) is 0 Å². The summed E-state index contributed by atoms with van der Waals surface area (Å²) in [6.07, 6.45) is 3.47. The number of halogens is 1. The van der Waals surface area contributed by atoms with E-state index in [9.17, 15) is 0 Å². The fourth-order valence-corrected chi connectivity index (χ4v) is 1.41. The number of anilines is 1. The van der Waals surface area contributed by atoms with Crippen molar-refractivity contribution in [1.82, 2.24) is 14.9 Å². The lowest BCUT2D eigenvalue weighted by Crippen LogP contribution is -2.30. The van der Waals surface area contributed by atoms with Crippen LogP contribution >= 0.6 is 15.9 Å². The summed E-state index contributed by atoms with van der Waals surface area (Å²) >= 11 is 3.29. The van der Waals surface area contributed by atoms with Gasteiger partial charge < -0.3 is 10.2 Å². The normalized spacial score (nSPS) is 12.9. The second kappa shape index (κ2) is 5.26. The number of likely N-dealkylation sites (N-methyl/N-ethyl adjacent to an activating group) is 1. The van der Waals surface area contributed by atoms with E-state index in [-0.39, 0.29) is 0 Å². The second-order valence-electron chi connectivity index (χ2n) is 3.53. The van der Waals surface area contributed by atoms with E-state index in [1.807, 2.05) is 14.1 Å². The first-order valence-electron chi connectivity index (χ1n) is 4.46. The fourth-order valence-electron chi connectivity index (χ4n) is 1.20. The van der Waals surface area contributed by atoms with E-state index in [1.54, 1.807) is 12.4 Å². The zero-order chi connectivity index (χ0) is 10.6. The Morgan fingerprint density at radius 2 is 2.00 bits per heavy atom. The molecule has 0 aliphatic heterocycles. The van der Waals surface area contributed by atoms with Gasteiger partial charge in [0.15, 0.2) is 0 Å². The van der Waals surface area contributed by atoms with Crippen molar-refractivity contribution in [3.63, 3.8) is 0 Å². The van der Waals surface area contributed by atoms with Crippen molar-refractivity contribution in [3.05, 3.63) is 16.9 Å². The third-order valence-corrected chi connectivity index (χ3v) is 2.04. The first kappa shape index (κ1) is 11.4. The molecule has 4 nitrogen and oxygen atoms in total. The van der Waals surface area contributed by atoms with Crippen LogP contribution in [0, 0.1) is 0 Å². The van der Waals surface area contributed by atoms with E-state index >= 15 is 0 Å². The lowest BCUT2D eigenvalue weighted by atomic mass is 10.3. The Morgan fingerprint density at radius 1 is 1.43 bits per heavy atom. The lowest BCUT2D eigenvalue weighted by molar-refractivity contribution is 0.391. The molecule has 1 N–H and O–H groups in total. The Hall–Kier alpha value is -0.680. The van der Waals surface area contributed by atoms with E-state index in [4.69, 9.17) is 0 Å². The van der Waals surface area contributed by atoms with Crippen molar-refractivity contribution in [2.24, 2.45) is 0 Å². The van der Waals surface area contributed by atoms with Gasteiger partial charge in [-0.15, -0.1) is 0 Å². The van der Waals surface area contributed by atoms with Gasteiger partial charge in [0, 0.05) is 25.0 Å². The molecule has 1 aromatic heterocycles. The molecule has 0 aliphatic rings. The van der Waals surface area contributed by atoms with E-state index in [1.165, 1.54) is 0 Å². The van der Waals surface area contributed by atoms with Crippen LogP contribution in [0.3, 0.4) is 0 Å². The summed E-state index contributed by atoms with van der Waals surface area (Å²) in [4.78, 5) is 10.4. The number of aromatic nitrogens is 2. The molecule has 0 aromatic carbocycles. The highest BCUT2D eigenvalue weighted by Gasteiger charge is 2.04. The number of nitrogens with zero attached hydrogens (tertiary/aromatic N) is 3. The van der Waals surface area contributed by atoms with Gasteiger partial charge in [-0.3, -0.25) is 0 Å². The summed E-state index contributed by atoms with van der Waals surface area (Å²) in [5.41, 5.74) is 0. The van der Waals surface area contributed by atoms with Crippen molar-refractivity contribution in [3.8, 4) is 0 Å². The molecule has 0 saturated heterocycles. The molecule has 0 amide bonds. The van der Waals surface area contributed by atoms with Crippen LogP contribution in [0.1, 0.15) is 6.92 Å². The van der Waals surface area contributed by atoms with Gasteiger partial charge in [-0.2, -0.15) is 0 Å². The highest BCUT2D eigenvalue weighted by molar-refractivity contribution is 9.10. The number of hydrogen-bond donors (Lipinski definition) is 1. The summed E-state index contributed by atoms with van der Waals surface area (Å²) in [6.45, 7) is 3.06. The first-order valence-corrected chi connectivity index (χ1v) is 5.26. The molecule has 14 heavy (non-hydrogen) atoms. The first-order chi connectivity index (χ1) is 6.58. The Labute approximate surface area is 92.9 Å². The third-order valence-electron chi connectivity index (χ3n) is 1.63. The van der Waals surface area contributed by atoms with Crippen LogP contribution in [-0.2, 0) is 0 Å². The zero-order valence-corrected chi connectivity index (χ0v) is 10.2. The Morgan fingerprint density at radius 3 is 2.50 bits per heavy atom. The molecule has 5 heteroatoms. The fraction of sp³-hybridized carbons (Fsp3) is 0.556. The average Bonchev–Trinajstić information content (AvgIpc) is 2.07. The van der Waals surface area contributed by atoms with E-state index < -0.39 is 0 Å². The minimum atomic E-state index is 0.339. The van der Waals surface area contributed by atoms with Crippen LogP contribution in [0.4, 0.5) is 5.95 Å². The molecule has 0 saturated carbocycles. The van der Waals surface area contributed by atoms with E-state index in [0.29, 0.717) is 12.0 Å². The van der Waals surface area contributed by atoms with E-state index in [2.05, 4.69) is 43.0 Å². The molecule has 1 heterocycles. The van der Waals surface area contributed by atoms with Gasteiger partial charge in [0.2, 0.25) is 5.95 Å². The third kappa shape index (κ3) is 4.02. The maximum Gasteiger partial charge on any atom is 0.222 e. The lowest BCUT2D eigenvalue weighted by Gasteiger charge is -2.17. The van der Waals surface area contributed by atoms with Gasteiger partial charge in [-0.1, -0.05) is 0 Å². The molecule has 1 aromatic rings. The smallest absolute Gasteiger partial charge is 0.222 e. The Bertz CT molecular complexity index is 273. The molecule has 0 radical (unpaired) electrons. The maximum absolute atomic E-state index is 4.14. The summed E-state index contributed by atoms with van der Waals surface area (Å²) in [7, 11) is 4.08. The summed E-state index contributed by atoms with van der Waals surface area (Å²) < 4.78 is 0.892. The van der Waals surface area contributed by atoms with Crippen molar-refractivity contribution in [1.29, 1.82) is 0 Å². The molecule has 0 bridgehead atoms. The number of hydrogen-bond acceptors (Lipinski definition) is 4. The maximum atomic E-state index is 4.14. The Kier molecular flexibility index (Phi) is 4.28. The highest BCUT2D eigenvalue weighted by Crippen LogP contribution is 2.07. The molecular weight excluding hydrogens is 244 g/mol. The molecule has 1 atom stereocenters. The van der Waals surface area contributed by atoms with Gasteiger partial charge >= 0.3 is 0 Å². The standard InChI is InChI=1S/C9H15BrN4/c1-7(6-14(2)3)13-9-11-4-8(10)5-12-9/h4-5,7H,6H2,1-3H3,(H,11,12,13). The number of nitrogens with one attached hydrogen (secondary N) is 1. The monoisotopic (exact) mass is 258 g/mol. The predicted octanol–water partition coefficient (Wildman–Crippen LogP) is 1.60. The molecule has 0 fully saturated rings. The summed E-state index contributed by atoms with van der Waals surface area (Å²) in [5, 5.41) is 3.22. The molecule has 0 aliphatic carbocycles. The molecule has 78 valence electrons. The summed E-state index contributed by atoms with van der Waals surface area (Å²) in [5.74, 6) is 0.669. The number of rotatable bonds is 4. The van der Waals surface area contributed by atoms with Crippen molar-refractivity contribution in [2.75, 3.05) is 26.0 Å². The van der Waals surface area contributed by atoms with Crippen LogP contribution in [0.15, 0.2) is 16.9 Å². The highest BCUT2D eigenvalue weighted by atomic mass is 79.9. The minimum absolute atomic E-state index is 0.339. The molecule has 1 rings (SSSR count). The summed E-state index contributed by atoms with van der Waals surface area (Å²) in [6, 6.07) is 0.339. The Balaban J connectivity index is 2.47. The van der Waals surface area contributed by atoms with Crippen molar-refractivity contribution in [2.45, 2.75) is 13.0 Å². The van der Waals surface area contributed by atoms with Gasteiger partial charge in [-0.05, 0) is 36.9 Å². The molecular formula is C9H15BrN4. The van der Waals surface area contributed by atoms with Gasteiger partial charge in [-0.25, -0.2) is 9.97 Å². The van der Waals surface area contributed by atoms with Gasteiger partial charge in [0.05, 0.1) is 4.47 Å². The van der Waals surface area contributed by atoms with Crippen molar-refractivity contribution >= 4 is 21.9 Å². The second-order valence-corrected chi connectivity index (χ2v) is 4.45. The molecule has 0 spiro atoms. The van der Waals surface area contributed by atoms with Crippen LogP contribution in [0.25, 0.3) is 0 Å². The minimum Gasteiger partial charge on any atom is -0.350 e.